The van der Waals surface area contributed by atoms with Crippen LogP contribution in [0.15, 0.2) is 35.2 Å². The van der Waals surface area contributed by atoms with Crippen molar-refractivity contribution in [3.63, 3.8) is 0 Å². The van der Waals surface area contributed by atoms with Crippen LogP contribution in [0.2, 0.25) is 0 Å². The summed E-state index contributed by atoms with van der Waals surface area (Å²) in [5, 5.41) is 6.54. The number of H-pyrrole nitrogens is 1. The lowest BCUT2D eigenvalue weighted by Gasteiger charge is -2.07. The topological polar surface area (TPSA) is 74.8 Å². The van der Waals surface area contributed by atoms with E-state index in [9.17, 15) is 8.42 Å². The zero-order valence-electron chi connectivity index (χ0n) is 9.56. The molecule has 0 fully saturated rings. The van der Waals surface area contributed by atoms with E-state index < -0.39 is 10.0 Å². The van der Waals surface area contributed by atoms with Crippen molar-refractivity contribution in [2.45, 2.75) is 18.7 Å². The number of benzene rings is 1. The highest BCUT2D eigenvalue weighted by Crippen LogP contribution is 2.20. The van der Waals surface area contributed by atoms with Gasteiger partial charge in [0, 0.05) is 5.69 Å². The lowest BCUT2D eigenvalue weighted by atomic mass is 10.3. The zero-order chi connectivity index (χ0) is 12.5. The number of para-hydroxylation sites is 1. The number of anilines is 1. The van der Waals surface area contributed by atoms with Gasteiger partial charge in [-0.1, -0.05) is 18.2 Å². The Morgan fingerprint density at radius 3 is 2.35 bits per heavy atom. The van der Waals surface area contributed by atoms with Crippen LogP contribution in [0, 0.1) is 13.8 Å². The van der Waals surface area contributed by atoms with Gasteiger partial charge in [-0.3, -0.25) is 9.82 Å². The Kier molecular flexibility index (Phi) is 2.89. The normalized spacial score (nSPS) is 11.4. The van der Waals surface area contributed by atoms with E-state index in [2.05, 4.69) is 14.9 Å². The fourth-order valence-electron chi connectivity index (χ4n) is 1.65. The predicted octanol–water partition coefficient (Wildman–Crippen LogP) is 1.83. The summed E-state index contributed by atoms with van der Waals surface area (Å²) in [5.74, 6) is 0. The summed E-state index contributed by atoms with van der Waals surface area (Å²) < 4.78 is 26.8. The lowest BCUT2D eigenvalue weighted by molar-refractivity contribution is 0.600. The van der Waals surface area contributed by atoms with Crippen molar-refractivity contribution in [1.29, 1.82) is 0 Å². The smallest absolute Gasteiger partial charge is 0.265 e. The molecule has 0 aliphatic rings. The van der Waals surface area contributed by atoms with Gasteiger partial charge in [-0.2, -0.15) is 5.10 Å². The molecule has 0 saturated carbocycles. The van der Waals surface area contributed by atoms with Crippen LogP contribution in [0.5, 0.6) is 0 Å². The molecule has 1 aromatic heterocycles. The molecule has 0 spiro atoms. The van der Waals surface area contributed by atoms with Crippen LogP contribution in [0.4, 0.5) is 5.69 Å². The fraction of sp³-hybridized carbons (Fsp3) is 0.182. The average Bonchev–Trinajstić information content (AvgIpc) is 2.59. The average molecular weight is 251 g/mol. The number of rotatable bonds is 3. The maximum atomic E-state index is 12.1. The lowest BCUT2D eigenvalue weighted by Crippen LogP contribution is -2.14. The van der Waals surface area contributed by atoms with Crippen molar-refractivity contribution in [2.75, 3.05) is 4.72 Å². The molecule has 0 atom stereocenters. The number of sulfonamides is 1. The van der Waals surface area contributed by atoms with Crippen LogP contribution in [-0.2, 0) is 10.0 Å². The summed E-state index contributed by atoms with van der Waals surface area (Å²) in [5.41, 5.74) is 1.53. The van der Waals surface area contributed by atoms with Crippen LogP contribution in [0.1, 0.15) is 11.4 Å². The van der Waals surface area contributed by atoms with Gasteiger partial charge in [-0.05, 0) is 26.0 Å². The van der Waals surface area contributed by atoms with Gasteiger partial charge in [0.25, 0.3) is 10.0 Å². The van der Waals surface area contributed by atoms with Crippen molar-refractivity contribution in [2.24, 2.45) is 0 Å². The Hall–Kier alpha value is -1.82. The van der Waals surface area contributed by atoms with E-state index in [0.717, 1.165) is 0 Å². The molecule has 0 saturated heterocycles. The molecular formula is C11H13N3O2S. The Morgan fingerprint density at radius 1 is 1.18 bits per heavy atom. The first-order chi connectivity index (χ1) is 8.00. The molecule has 90 valence electrons. The molecule has 1 aromatic carbocycles. The van der Waals surface area contributed by atoms with Gasteiger partial charge < -0.3 is 0 Å². The van der Waals surface area contributed by atoms with E-state index in [4.69, 9.17) is 0 Å². The number of aromatic amines is 1. The van der Waals surface area contributed by atoms with Gasteiger partial charge in [-0.15, -0.1) is 0 Å². The molecule has 2 rings (SSSR count). The van der Waals surface area contributed by atoms with E-state index in [1.165, 1.54) is 0 Å². The summed E-state index contributed by atoms with van der Waals surface area (Å²) >= 11 is 0. The van der Waals surface area contributed by atoms with Crippen molar-refractivity contribution < 1.29 is 8.42 Å². The molecule has 0 radical (unpaired) electrons. The standard InChI is InChI=1S/C11H13N3O2S/c1-8-11(9(2)13-12-8)17(15,16)14-10-6-4-3-5-7-10/h3-7,14H,1-2H3,(H,12,13). The summed E-state index contributed by atoms with van der Waals surface area (Å²) in [6.07, 6.45) is 0. The zero-order valence-corrected chi connectivity index (χ0v) is 10.4. The van der Waals surface area contributed by atoms with Crippen molar-refractivity contribution in [3.8, 4) is 0 Å². The number of hydrogen-bond donors (Lipinski definition) is 2. The second kappa shape index (κ2) is 4.21. The molecule has 6 heteroatoms. The molecular weight excluding hydrogens is 238 g/mol. The third-order valence-electron chi connectivity index (χ3n) is 2.36. The maximum Gasteiger partial charge on any atom is 0.265 e. The fourth-order valence-corrected chi connectivity index (χ4v) is 3.08. The van der Waals surface area contributed by atoms with Crippen LogP contribution in [-0.4, -0.2) is 18.6 Å². The Morgan fingerprint density at radius 2 is 1.82 bits per heavy atom. The first-order valence-corrected chi connectivity index (χ1v) is 6.58. The minimum absolute atomic E-state index is 0.210. The minimum Gasteiger partial charge on any atom is -0.281 e. The second-order valence-corrected chi connectivity index (χ2v) is 5.35. The summed E-state index contributed by atoms with van der Waals surface area (Å²) in [6.45, 7) is 3.34. The van der Waals surface area contributed by atoms with Crippen LogP contribution in [0.25, 0.3) is 0 Å². The van der Waals surface area contributed by atoms with Gasteiger partial charge >= 0.3 is 0 Å². The van der Waals surface area contributed by atoms with E-state index >= 15 is 0 Å². The Bertz CT molecular complexity index is 598. The molecule has 0 unspecified atom stereocenters. The molecule has 2 N–H and O–H groups in total. The minimum atomic E-state index is -3.58. The monoisotopic (exact) mass is 251 g/mol. The van der Waals surface area contributed by atoms with Crippen LogP contribution in [0.3, 0.4) is 0 Å². The SMILES string of the molecule is Cc1n[nH]c(C)c1S(=O)(=O)Nc1ccccc1. The van der Waals surface area contributed by atoms with Crippen molar-refractivity contribution >= 4 is 15.7 Å². The third-order valence-corrected chi connectivity index (χ3v) is 4.00. The molecule has 0 aliphatic heterocycles. The summed E-state index contributed by atoms with van der Waals surface area (Å²) in [4.78, 5) is 0.210. The second-order valence-electron chi connectivity index (χ2n) is 3.73. The highest BCUT2D eigenvalue weighted by atomic mass is 32.2. The Balaban J connectivity index is 2.39. The van der Waals surface area contributed by atoms with E-state index in [1.807, 2.05) is 6.07 Å². The summed E-state index contributed by atoms with van der Waals surface area (Å²) in [7, 11) is -3.58. The first kappa shape index (κ1) is 11.7. The van der Waals surface area contributed by atoms with Crippen molar-refractivity contribution in [1.82, 2.24) is 10.2 Å². The van der Waals surface area contributed by atoms with Gasteiger partial charge in [-0.25, -0.2) is 8.42 Å². The quantitative estimate of drug-likeness (QED) is 0.873. The highest BCUT2D eigenvalue weighted by Gasteiger charge is 2.21. The van der Waals surface area contributed by atoms with Gasteiger partial charge in [0.1, 0.15) is 4.90 Å². The molecule has 0 bridgehead atoms. The molecule has 2 aromatic rings. The number of nitrogens with one attached hydrogen (secondary N) is 2. The Labute approximate surface area is 99.9 Å². The molecule has 0 aliphatic carbocycles. The number of aromatic nitrogens is 2. The number of nitrogens with zero attached hydrogens (tertiary/aromatic N) is 1. The predicted molar refractivity (Wildman–Crippen MR) is 65.3 cm³/mol. The molecule has 1 heterocycles. The van der Waals surface area contributed by atoms with Crippen LogP contribution < -0.4 is 4.72 Å². The molecule has 0 amide bonds. The maximum absolute atomic E-state index is 12.1. The van der Waals surface area contributed by atoms with Crippen LogP contribution >= 0.6 is 0 Å². The third kappa shape index (κ3) is 2.31. The van der Waals surface area contributed by atoms with Gasteiger partial charge in [0.05, 0.1) is 11.4 Å². The number of aryl methyl sites for hydroxylation is 2. The summed E-state index contributed by atoms with van der Waals surface area (Å²) in [6, 6.07) is 8.76. The number of hydrogen-bond acceptors (Lipinski definition) is 3. The highest BCUT2D eigenvalue weighted by molar-refractivity contribution is 7.92. The molecule has 5 nitrogen and oxygen atoms in total. The van der Waals surface area contributed by atoms with Gasteiger partial charge in [0.2, 0.25) is 0 Å². The largest absolute Gasteiger partial charge is 0.281 e. The van der Waals surface area contributed by atoms with E-state index in [0.29, 0.717) is 17.1 Å². The van der Waals surface area contributed by atoms with Crippen molar-refractivity contribution in [3.05, 3.63) is 41.7 Å². The van der Waals surface area contributed by atoms with E-state index in [1.54, 1.807) is 38.1 Å². The van der Waals surface area contributed by atoms with Gasteiger partial charge in [0.15, 0.2) is 0 Å². The van der Waals surface area contributed by atoms with E-state index in [-0.39, 0.29) is 4.90 Å². The molecule has 17 heavy (non-hydrogen) atoms. The first-order valence-electron chi connectivity index (χ1n) is 5.10.